The van der Waals surface area contributed by atoms with Gasteiger partial charge < -0.3 is 30.3 Å². The Hall–Kier alpha value is -0.310. The van der Waals surface area contributed by atoms with Crippen molar-refractivity contribution in [2.24, 2.45) is 0 Å². The van der Waals surface area contributed by atoms with Gasteiger partial charge in [-0.05, 0) is 0 Å². The maximum Gasteiger partial charge on any atom is 0.286 e. The highest BCUT2D eigenvalue weighted by molar-refractivity contribution is 4.93. The van der Waals surface area contributed by atoms with Crippen LogP contribution < -0.4 is 0 Å². The molecule has 1 rings (SSSR count). The number of halogens is 1. The minimum atomic E-state index is -3.43. The summed E-state index contributed by atoms with van der Waals surface area (Å²) in [6.45, 7) is -0.703. The van der Waals surface area contributed by atoms with Crippen LogP contribution >= 0.6 is 0 Å². The Bertz CT molecular complexity index is 186. The van der Waals surface area contributed by atoms with Crippen LogP contribution in [-0.4, -0.2) is 62.6 Å². The van der Waals surface area contributed by atoms with Gasteiger partial charge in [0, 0.05) is 0 Å². The van der Waals surface area contributed by atoms with E-state index in [0.717, 1.165) is 0 Å². The van der Waals surface area contributed by atoms with Crippen LogP contribution in [-0.2, 0) is 4.74 Å². The minimum Gasteiger partial charge on any atom is -0.394 e. The molecular weight excluding hydrogens is 187 g/mol. The maximum atomic E-state index is 12.9. The molecule has 0 unspecified atom stereocenters. The summed E-state index contributed by atoms with van der Waals surface area (Å²) in [6.07, 6.45) is -7.61. The fourth-order valence-corrected chi connectivity index (χ4v) is 1.08. The second-order valence-electron chi connectivity index (χ2n) is 2.87. The zero-order valence-electron chi connectivity index (χ0n) is 6.54. The fraction of sp³-hybridized carbons (Fsp3) is 1.00. The summed E-state index contributed by atoms with van der Waals surface area (Å²) < 4.78 is 17.2. The Morgan fingerprint density at radius 2 is 1.85 bits per heavy atom. The first-order valence-electron chi connectivity index (χ1n) is 3.63. The highest BCUT2D eigenvalue weighted by Gasteiger charge is 2.55. The molecule has 0 aromatic rings. The van der Waals surface area contributed by atoms with Crippen LogP contribution in [0.5, 0.6) is 0 Å². The van der Waals surface area contributed by atoms with Crippen molar-refractivity contribution >= 4 is 0 Å². The fourth-order valence-electron chi connectivity index (χ4n) is 1.08. The Morgan fingerprint density at radius 1 is 1.31 bits per heavy atom. The molecule has 78 valence electrons. The third-order valence-electron chi connectivity index (χ3n) is 1.95. The molecule has 1 aliphatic heterocycles. The molecule has 1 aliphatic rings. The highest BCUT2D eigenvalue weighted by Crippen LogP contribution is 2.29. The van der Waals surface area contributed by atoms with Crippen molar-refractivity contribution in [1.29, 1.82) is 0 Å². The van der Waals surface area contributed by atoms with E-state index in [0.29, 0.717) is 0 Å². The SMILES string of the molecule is OC[C@H]1O[C@H](O)[C@@](O)(F)[C@@H](O)[C@@H]1O. The molecule has 1 saturated heterocycles. The van der Waals surface area contributed by atoms with E-state index in [9.17, 15) is 4.39 Å². The number of rotatable bonds is 1. The molecule has 1 fully saturated rings. The lowest BCUT2D eigenvalue weighted by molar-refractivity contribution is -0.370. The number of hydrogen-bond acceptors (Lipinski definition) is 6. The molecule has 13 heavy (non-hydrogen) atoms. The van der Waals surface area contributed by atoms with Gasteiger partial charge in [-0.15, -0.1) is 0 Å². The van der Waals surface area contributed by atoms with Crippen LogP contribution in [0.15, 0.2) is 0 Å². The maximum absolute atomic E-state index is 12.9. The van der Waals surface area contributed by atoms with Crippen molar-refractivity contribution in [3.05, 3.63) is 0 Å². The lowest BCUT2D eigenvalue weighted by Gasteiger charge is -2.40. The van der Waals surface area contributed by atoms with Crippen LogP contribution in [0.2, 0.25) is 0 Å². The van der Waals surface area contributed by atoms with Gasteiger partial charge >= 0.3 is 0 Å². The predicted molar refractivity (Wildman–Crippen MR) is 36.0 cm³/mol. The second kappa shape index (κ2) is 3.45. The minimum absolute atomic E-state index is 0.703. The van der Waals surface area contributed by atoms with E-state index in [1.807, 2.05) is 0 Å². The molecule has 1 heterocycles. The topological polar surface area (TPSA) is 110 Å². The normalized spacial score (nSPS) is 52.2. The first-order valence-corrected chi connectivity index (χ1v) is 3.63. The Morgan fingerprint density at radius 3 is 2.31 bits per heavy atom. The molecule has 0 aliphatic carbocycles. The van der Waals surface area contributed by atoms with Gasteiger partial charge in [0.2, 0.25) is 6.29 Å². The Kier molecular flexibility index (Phi) is 2.85. The first-order chi connectivity index (χ1) is 5.91. The van der Waals surface area contributed by atoms with Gasteiger partial charge in [0.25, 0.3) is 5.85 Å². The summed E-state index contributed by atoms with van der Waals surface area (Å²) in [5.41, 5.74) is 0. The van der Waals surface area contributed by atoms with Gasteiger partial charge in [0.1, 0.15) is 18.3 Å². The van der Waals surface area contributed by atoms with Crippen molar-refractivity contribution in [2.45, 2.75) is 30.5 Å². The van der Waals surface area contributed by atoms with E-state index < -0.39 is 37.1 Å². The zero-order chi connectivity index (χ0) is 10.2. The third-order valence-corrected chi connectivity index (χ3v) is 1.95. The van der Waals surface area contributed by atoms with Gasteiger partial charge in [-0.2, -0.15) is 0 Å². The summed E-state index contributed by atoms with van der Waals surface area (Å²) in [5, 5.41) is 44.1. The van der Waals surface area contributed by atoms with Crippen molar-refractivity contribution in [2.75, 3.05) is 6.61 Å². The predicted octanol–water partition coefficient (Wildman–Crippen LogP) is -2.92. The number of aliphatic hydroxyl groups is 5. The van der Waals surface area contributed by atoms with Gasteiger partial charge in [-0.3, -0.25) is 0 Å². The lowest BCUT2D eigenvalue weighted by atomic mass is 9.97. The Labute approximate surface area is 72.8 Å². The van der Waals surface area contributed by atoms with Gasteiger partial charge in [-0.25, -0.2) is 4.39 Å². The van der Waals surface area contributed by atoms with Gasteiger partial charge in [-0.1, -0.05) is 0 Å². The van der Waals surface area contributed by atoms with Crippen molar-refractivity contribution < 1.29 is 34.7 Å². The monoisotopic (exact) mass is 198 g/mol. The first kappa shape index (κ1) is 10.8. The van der Waals surface area contributed by atoms with Crippen LogP contribution in [0.1, 0.15) is 0 Å². The van der Waals surface area contributed by atoms with Crippen LogP contribution in [0, 0.1) is 0 Å². The third kappa shape index (κ3) is 1.66. The summed E-state index contributed by atoms with van der Waals surface area (Å²) in [5.74, 6) is -3.43. The van der Waals surface area contributed by atoms with Crippen molar-refractivity contribution in [3.63, 3.8) is 0 Å². The molecule has 0 radical (unpaired) electrons. The molecule has 5 N–H and O–H groups in total. The summed E-state index contributed by atoms with van der Waals surface area (Å²) in [6, 6.07) is 0. The van der Waals surface area contributed by atoms with Crippen molar-refractivity contribution in [3.8, 4) is 0 Å². The number of alkyl halides is 1. The van der Waals surface area contributed by atoms with E-state index in [2.05, 4.69) is 4.74 Å². The molecule has 0 bridgehead atoms. The Balaban J connectivity index is 2.79. The van der Waals surface area contributed by atoms with Gasteiger partial charge in [0.15, 0.2) is 0 Å². The summed E-state index contributed by atoms with van der Waals surface area (Å²) in [7, 11) is 0. The van der Waals surface area contributed by atoms with E-state index in [1.165, 1.54) is 0 Å². The largest absolute Gasteiger partial charge is 0.394 e. The lowest BCUT2D eigenvalue weighted by Crippen LogP contribution is -2.64. The molecule has 6 nitrogen and oxygen atoms in total. The molecular formula is C6H11FO6. The summed E-state index contributed by atoms with van der Waals surface area (Å²) >= 11 is 0. The number of ether oxygens (including phenoxy) is 1. The van der Waals surface area contributed by atoms with E-state index in [4.69, 9.17) is 25.5 Å². The van der Waals surface area contributed by atoms with Crippen molar-refractivity contribution in [1.82, 2.24) is 0 Å². The number of aliphatic hydroxyl groups excluding tert-OH is 4. The van der Waals surface area contributed by atoms with Crippen LogP contribution in [0.4, 0.5) is 4.39 Å². The average Bonchev–Trinajstić information content (AvgIpc) is 2.09. The molecule has 0 spiro atoms. The molecule has 0 aromatic heterocycles. The molecule has 0 amide bonds. The van der Waals surface area contributed by atoms with E-state index in [-0.39, 0.29) is 0 Å². The van der Waals surface area contributed by atoms with Crippen LogP contribution in [0.3, 0.4) is 0 Å². The van der Waals surface area contributed by atoms with E-state index >= 15 is 0 Å². The summed E-state index contributed by atoms with van der Waals surface area (Å²) in [4.78, 5) is 0. The average molecular weight is 198 g/mol. The van der Waals surface area contributed by atoms with Crippen LogP contribution in [0.25, 0.3) is 0 Å². The smallest absolute Gasteiger partial charge is 0.286 e. The number of hydrogen-bond donors (Lipinski definition) is 5. The second-order valence-corrected chi connectivity index (χ2v) is 2.87. The molecule has 5 atom stereocenters. The molecule has 0 aromatic carbocycles. The zero-order valence-corrected chi connectivity index (χ0v) is 6.54. The quantitative estimate of drug-likeness (QED) is 0.308. The van der Waals surface area contributed by atoms with Gasteiger partial charge in [0.05, 0.1) is 6.61 Å². The standard InChI is InChI=1S/C6H11FO6/c7-6(12)4(10)3(9)2(1-8)13-5(6)11/h2-5,8-12H,1H2/t2-,3-,4+,5+,6-/m1/s1. The molecule has 7 heteroatoms. The highest BCUT2D eigenvalue weighted by atomic mass is 19.2. The van der Waals surface area contributed by atoms with E-state index in [1.54, 1.807) is 0 Å². The molecule has 0 saturated carbocycles.